The van der Waals surface area contributed by atoms with Crippen LogP contribution in [0.2, 0.25) is 0 Å². The highest BCUT2D eigenvalue weighted by Gasteiger charge is 2.42. The lowest BCUT2D eigenvalue weighted by Gasteiger charge is -2.37. The van der Waals surface area contributed by atoms with E-state index in [9.17, 15) is 28.9 Å². The predicted octanol–water partition coefficient (Wildman–Crippen LogP) is 2.31. The fourth-order valence-corrected chi connectivity index (χ4v) is 5.70. The van der Waals surface area contributed by atoms with Gasteiger partial charge in [-0.25, -0.2) is 0 Å². The third kappa shape index (κ3) is 3.83. The topological polar surface area (TPSA) is 118 Å². The maximum atomic E-state index is 12.7. The zero-order valence-electron chi connectivity index (χ0n) is 15.8. The van der Waals surface area contributed by atoms with E-state index in [-0.39, 0.29) is 10.8 Å². The molecule has 0 bridgehead atoms. The van der Waals surface area contributed by atoms with Gasteiger partial charge < -0.3 is 19.9 Å². The van der Waals surface area contributed by atoms with Gasteiger partial charge in [0, 0.05) is 5.56 Å². The first-order valence-electron chi connectivity index (χ1n) is 9.10. The molecule has 28 heavy (non-hydrogen) atoms. The first-order chi connectivity index (χ1) is 13.0. The Morgan fingerprint density at radius 2 is 1.82 bits per heavy atom. The number of sulfone groups is 1. The first-order valence-corrected chi connectivity index (χ1v) is 10.8. The predicted molar refractivity (Wildman–Crippen MR) is 105 cm³/mol. The molecular weight excluding hydrogens is 380 g/mol. The van der Waals surface area contributed by atoms with Crippen LogP contribution in [0, 0.1) is 12.8 Å². The molecule has 0 saturated carbocycles. The summed E-state index contributed by atoms with van der Waals surface area (Å²) < 4.78 is 25.4. The van der Waals surface area contributed by atoms with Crippen LogP contribution in [0.4, 0.5) is 0 Å². The van der Waals surface area contributed by atoms with Gasteiger partial charge in [0.25, 0.3) is 0 Å². The molecule has 1 unspecified atom stereocenters. The van der Waals surface area contributed by atoms with Gasteiger partial charge in [0.1, 0.15) is 11.4 Å². The summed E-state index contributed by atoms with van der Waals surface area (Å²) in [5.41, 5.74) is -0.412. The van der Waals surface area contributed by atoms with E-state index >= 15 is 0 Å². The monoisotopic (exact) mass is 404 g/mol. The van der Waals surface area contributed by atoms with Crippen LogP contribution in [0.1, 0.15) is 30.0 Å². The van der Waals surface area contributed by atoms with Gasteiger partial charge in [0.05, 0.1) is 10.2 Å². The lowest BCUT2D eigenvalue weighted by Crippen LogP contribution is -2.45. The molecular formula is C21H24O6S. The number of rotatable bonds is 4. The number of aromatic hydroxyl groups is 2. The molecule has 1 aliphatic carbocycles. The van der Waals surface area contributed by atoms with Crippen molar-refractivity contribution in [3.05, 3.63) is 63.3 Å². The van der Waals surface area contributed by atoms with E-state index in [0.717, 1.165) is 0 Å². The summed E-state index contributed by atoms with van der Waals surface area (Å²) >= 11 is 0. The molecule has 6 nitrogen and oxygen atoms in total. The summed E-state index contributed by atoms with van der Waals surface area (Å²) in [7, 11) is -3.68. The Labute approximate surface area is 164 Å². The molecule has 0 amide bonds. The fourth-order valence-electron chi connectivity index (χ4n) is 3.96. The standard InChI is InChI=1S/C21H24O6S/c1-13-10-18(22)20(24)19(23)16-9-8-14(11-17(13)16)21(2,25)12-28(26,27)15-6-4-3-5-7-15/h3-7,10,14,25H,8-9,11-12H2,1-2H3,(H2-,22,23,24,26,27)/t14-,21-/m1/s1. The Bertz CT molecular complexity index is 1000. The van der Waals surface area contributed by atoms with Gasteiger partial charge in [-0.15, -0.1) is 4.21 Å². The minimum atomic E-state index is -3.68. The summed E-state index contributed by atoms with van der Waals surface area (Å²) in [6, 6.07) is 9.26. The lowest BCUT2D eigenvalue weighted by molar-refractivity contribution is 0.0129. The molecule has 0 heterocycles. The Kier molecular flexibility index (Phi) is 5.36. The highest BCUT2D eigenvalue weighted by molar-refractivity contribution is 7.97. The van der Waals surface area contributed by atoms with Crippen molar-refractivity contribution in [3.63, 3.8) is 0 Å². The highest BCUT2D eigenvalue weighted by Crippen LogP contribution is 2.40. The second-order valence-corrected chi connectivity index (χ2v) is 9.70. The van der Waals surface area contributed by atoms with Crippen molar-refractivity contribution >= 4 is 10.2 Å². The number of benzene rings is 1. The van der Waals surface area contributed by atoms with Crippen molar-refractivity contribution in [3.8, 4) is 11.5 Å². The van der Waals surface area contributed by atoms with Gasteiger partial charge in [0.15, 0.2) is 10.6 Å². The normalized spacial score (nSPS) is 20.6. The number of aryl methyl sites for hydroxylation is 1. The minimum Gasteiger partial charge on any atom is -0.610 e. The molecule has 3 atom stereocenters. The van der Waals surface area contributed by atoms with Crippen LogP contribution in [-0.2, 0) is 27.3 Å². The first kappa shape index (κ1) is 20.5. The number of hydrogen-bond donors (Lipinski definition) is 3. The van der Waals surface area contributed by atoms with Crippen LogP contribution < -0.4 is 5.43 Å². The molecule has 0 aromatic heterocycles. The third-order valence-electron chi connectivity index (χ3n) is 5.59. The van der Waals surface area contributed by atoms with Crippen LogP contribution in [0.15, 0.2) is 46.1 Å². The van der Waals surface area contributed by atoms with Gasteiger partial charge >= 0.3 is 0 Å². The molecule has 3 N–H and O–H groups in total. The van der Waals surface area contributed by atoms with Gasteiger partial charge in [-0.2, -0.15) is 0 Å². The maximum Gasteiger partial charge on any atom is 0.224 e. The van der Waals surface area contributed by atoms with Crippen molar-refractivity contribution in [2.75, 3.05) is 5.75 Å². The average molecular weight is 404 g/mol. The maximum absolute atomic E-state index is 12.7. The molecule has 0 saturated heterocycles. The van der Waals surface area contributed by atoms with Crippen molar-refractivity contribution in [1.29, 1.82) is 0 Å². The minimum absolute atomic E-state index is 0.160. The van der Waals surface area contributed by atoms with E-state index < -0.39 is 38.5 Å². The number of fused-ring (bicyclic) bond motifs is 1. The fraction of sp³-hybridized carbons (Fsp3) is 0.381. The van der Waals surface area contributed by atoms with Crippen LogP contribution in [-0.4, -0.2) is 31.2 Å². The quantitative estimate of drug-likeness (QED) is 0.673. The molecule has 0 spiro atoms. The molecule has 2 aromatic rings. The molecule has 1 aliphatic rings. The van der Waals surface area contributed by atoms with E-state index in [4.69, 9.17) is 0 Å². The summed E-state index contributed by atoms with van der Waals surface area (Å²) in [5.74, 6) is -1.91. The van der Waals surface area contributed by atoms with Crippen molar-refractivity contribution in [2.45, 2.75) is 43.6 Å². The smallest absolute Gasteiger partial charge is 0.224 e. The highest BCUT2D eigenvalue weighted by atomic mass is 32.3. The second-order valence-electron chi connectivity index (χ2n) is 7.71. The van der Waals surface area contributed by atoms with E-state index in [1.165, 1.54) is 25.1 Å². The third-order valence-corrected chi connectivity index (χ3v) is 7.54. The van der Waals surface area contributed by atoms with E-state index in [2.05, 4.69) is 0 Å². The summed E-state index contributed by atoms with van der Waals surface area (Å²) in [6.07, 6.45) is 1.06. The number of aliphatic hydroxyl groups is 1. The molecule has 3 rings (SSSR count). The molecule has 0 fully saturated rings. The Balaban J connectivity index is 1.93. The van der Waals surface area contributed by atoms with E-state index in [0.29, 0.717) is 36.0 Å². The Hall–Kier alpha value is -2.22. The Morgan fingerprint density at radius 3 is 2.46 bits per heavy atom. The average Bonchev–Trinajstić information content (AvgIpc) is 2.72. The van der Waals surface area contributed by atoms with Crippen LogP contribution in [0.3, 0.4) is 0 Å². The second kappa shape index (κ2) is 7.31. The molecule has 150 valence electrons. The van der Waals surface area contributed by atoms with Crippen molar-refractivity contribution < 1.29 is 24.1 Å². The van der Waals surface area contributed by atoms with E-state index in [1.807, 2.05) is 0 Å². The molecule has 0 aliphatic heterocycles. The largest absolute Gasteiger partial charge is 0.610 e. The molecule has 0 radical (unpaired) electrons. The van der Waals surface area contributed by atoms with Crippen molar-refractivity contribution in [1.82, 2.24) is 0 Å². The van der Waals surface area contributed by atoms with Gasteiger partial charge in [-0.3, -0.25) is 4.79 Å². The number of hydrogen-bond acceptors (Lipinski definition) is 6. The van der Waals surface area contributed by atoms with Crippen molar-refractivity contribution in [2.24, 2.45) is 5.92 Å². The van der Waals surface area contributed by atoms with Crippen LogP contribution >= 0.6 is 0 Å². The van der Waals surface area contributed by atoms with Gasteiger partial charge in [-0.1, -0.05) is 18.2 Å². The lowest BCUT2D eigenvalue weighted by atomic mass is 9.75. The van der Waals surface area contributed by atoms with Gasteiger partial charge in [0.2, 0.25) is 11.2 Å². The summed E-state index contributed by atoms with van der Waals surface area (Å²) in [4.78, 5) is 12.1. The zero-order chi connectivity index (χ0) is 20.7. The molecule has 7 heteroatoms. The summed E-state index contributed by atoms with van der Waals surface area (Å²) in [6.45, 7) is 3.22. The Morgan fingerprint density at radius 1 is 1.18 bits per heavy atom. The van der Waals surface area contributed by atoms with E-state index in [1.54, 1.807) is 25.1 Å². The summed E-state index contributed by atoms with van der Waals surface area (Å²) in [5, 5.41) is 31.1. The van der Waals surface area contributed by atoms with Crippen LogP contribution in [0.5, 0.6) is 11.5 Å². The van der Waals surface area contributed by atoms with Crippen LogP contribution in [0.25, 0.3) is 0 Å². The zero-order valence-corrected chi connectivity index (χ0v) is 16.7. The van der Waals surface area contributed by atoms with Gasteiger partial charge in [-0.05, 0) is 68.4 Å². The SMILES string of the molecule is Cc1cc(=O)c(O)c(O)c2c1C[C@H]([C@](C)(O)C[S+](=O)([O-])c1ccccc1)CC2. The molecule has 2 aromatic carbocycles.